The van der Waals surface area contributed by atoms with Gasteiger partial charge in [0.2, 0.25) is 5.91 Å². The third-order valence-corrected chi connectivity index (χ3v) is 4.58. The molecule has 0 atom stereocenters. The van der Waals surface area contributed by atoms with E-state index in [0.29, 0.717) is 6.42 Å². The van der Waals surface area contributed by atoms with E-state index < -0.39 is 0 Å². The Kier molecular flexibility index (Phi) is 5.77. The molecule has 1 amide bonds. The van der Waals surface area contributed by atoms with Crippen molar-refractivity contribution in [1.82, 2.24) is 9.88 Å². The molecule has 0 aliphatic rings. The molecule has 25 heavy (non-hydrogen) atoms. The van der Waals surface area contributed by atoms with Crippen LogP contribution >= 0.6 is 11.6 Å². The molecule has 3 nitrogen and oxygen atoms in total. The van der Waals surface area contributed by atoms with Crippen LogP contribution in [0.4, 0.5) is 0 Å². The van der Waals surface area contributed by atoms with Gasteiger partial charge in [-0.15, -0.1) is 0 Å². The first-order valence-corrected chi connectivity index (χ1v) is 9.13. The number of rotatable bonds is 7. The quantitative estimate of drug-likeness (QED) is 0.649. The number of nitrogens with one attached hydrogen (secondary N) is 1. The Hall–Kier alpha value is -2.26. The van der Waals surface area contributed by atoms with Gasteiger partial charge in [-0.05, 0) is 42.2 Å². The first kappa shape index (κ1) is 17.6. The summed E-state index contributed by atoms with van der Waals surface area (Å²) in [6.45, 7) is 3.60. The standard InChI is InChI=1S/C21H23ClN2O/c1-2-13-23-21(25)12-9-17-15-24(20-6-4-3-5-19(17)20)14-16-7-10-18(22)11-8-16/h3-8,10-11,15H,2,9,12-14H2,1H3,(H,23,25). The number of fused-ring (bicyclic) bond motifs is 1. The Morgan fingerprint density at radius 3 is 2.64 bits per heavy atom. The summed E-state index contributed by atoms with van der Waals surface area (Å²) in [5.41, 5.74) is 3.62. The smallest absolute Gasteiger partial charge is 0.220 e. The van der Waals surface area contributed by atoms with Crippen molar-refractivity contribution in [3.63, 3.8) is 0 Å². The highest BCUT2D eigenvalue weighted by Crippen LogP contribution is 2.24. The maximum atomic E-state index is 11.9. The van der Waals surface area contributed by atoms with Crippen LogP contribution < -0.4 is 5.32 Å². The average molecular weight is 355 g/mol. The molecule has 1 N–H and O–H groups in total. The summed E-state index contributed by atoms with van der Waals surface area (Å²) < 4.78 is 2.25. The molecule has 0 spiro atoms. The van der Waals surface area contributed by atoms with E-state index in [2.05, 4.69) is 59.4 Å². The maximum Gasteiger partial charge on any atom is 0.220 e. The van der Waals surface area contributed by atoms with Crippen molar-refractivity contribution in [2.24, 2.45) is 0 Å². The molecule has 3 rings (SSSR count). The van der Waals surface area contributed by atoms with Crippen molar-refractivity contribution in [3.05, 3.63) is 70.9 Å². The Morgan fingerprint density at radius 2 is 1.88 bits per heavy atom. The Labute approximate surface area is 153 Å². The highest BCUT2D eigenvalue weighted by molar-refractivity contribution is 6.30. The molecule has 0 aliphatic heterocycles. The Balaban J connectivity index is 1.80. The summed E-state index contributed by atoms with van der Waals surface area (Å²) in [5.74, 6) is 0.122. The predicted molar refractivity (Wildman–Crippen MR) is 104 cm³/mol. The molecule has 0 unspecified atom stereocenters. The topological polar surface area (TPSA) is 34.0 Å². The van der Waals surface area contributed by atoms with Crippen LogP contribution in [0.3, 0.4) is 0 Å². The predicted octanol–water partition coefficient (Wildman–Crippen LogP) is 4.80. The van der Waals surface area contributed by atoms with Gasteiger partial charge in [0.15, 0.2) is 0 Å². The SMILES string of the molecule is CCCNC(=O)CCc1cn(Cc2ccc(Cl)cc2)c2ccccc12. The molecule has 0 aliphatic carbocycles. The third kappa shape index (κ3) is 4.43. The van der Waals surface area contributed by atoms with Gasteiger partial charge in [-0.1, -0.05) is 48.9 Å². The number of carbonyl (C=O) groups excluding carboxylic acids is 1. The zero-order valence-electron chi connectivity index (χ0n) is 14.5. The number of aryl methyl sites for hydroxylation is 1. The van der Waals surface area contributed by atoms with Crippen molar-refractivity contribution in [1.29, 1.82) is 0 Å². The summed E-state index contributed by atoms with van der Waals surface area (Å²) >= 11 is 5.98. The number of aromatic nitrogens is 1. The van der Waals surface area contributed by atoms with Crippen LogP contribution in [0.1, 0.15) is 30.9 Å². The van der Waals surface area contributed by atoms with Crippen molar-refractivity contribution in [3.8, 4) is 0 Å². The van der Waals surface area contributed by atoms with Crippen LogP contribution in [0, 0.1) is 0 Å². The lowest BCUT2D eigenvalue weighted by atomic mass is 10.1. The van der Waals surface area contributed by atoms with Gasteiger partial charge in [0.25, 0.3) is 0 Å². The van der Waals surface area contributed by atoms with Crippen LogP contribution in [-0.4, -0.2) is 17.0 Å². The molecule has 0 saturated heterocycles. The lowest BCUT2D eigenvalue weighted by Gasteiger charge is -2.05. The van der Waals surface area contributed by atoms with Gasteiger partial charge in [0.05, 0.1) is 0 Å². The van der Waals surface area contributed by atoms with E-state index in [4.69, 9.17) is 11.6 Å². The minimum atomic E-state index is 0.122. The highest BCUT2D eigenvalue weighted by atomic mass is 35.5. The molecule has 130 valence electrons. The maximum absolute atomic E-state index is 11.9. The first-order chi connectivity index (χ1) is 12.2. The lowest BCUT2D eigenvalue weighted by molar-refractivity contribution is -0.121. The largest absolute Gasteiger partial charge is 0.356 e. The van der Waals surface area contributed by atoms with Gasteiger partial charge in [-0.2, -0.15) is 0 Å². The number of benzene rings is 2. The molecule has 0 saturated carbocycles. The summed E-state index contributed by atoms with van der Waals surface area (Å²) in [5, 5.41) is 4.92. The lowest BCUT2D eigenvalue weighted by Crippen LogP contribution is -2.24. The van der Waals surface area contributed by atoms with Crippen molar-refractivity contribution in [2.45, 2.75) is 32.7 Å². The summed E-state index contributed by atoms with van der Waals surface area (Å²) in [7, 11) is 0. The van der Waals surface area contributed by atoms with Crippen LogP contribution in [0.25, 0.3) is 10.9 Å². The average Bonchev–Trinajstić information content (AvgIpc) is 2.98. The third-order valence-electron chi connectivity index (χ3n) is 4.33. The van der Waals surface area contributed by atoms with E-state index in [9.17, 15) is 4.79 Å². The van der Waals surface area contributed by atoms with Gasteiger partial charge in [-0.25, -0.2) is 0 Å². The molecule has 0 radical (unpaired) electrons. The molecule has 1 aromatic heterocycles. The molecule has 1 heterocycles. The first-order valence-electron chi connectivity index (χ1n) is 8.75. The van der Waals surface area contributed by atoms with E-state index in [1.54, 1.807) is 0 Å². The molecule has 2 aromatic carbocycles. The van der Waals surface area contributed by atoms with Gasteiger partial charge in [0, 0.05) is 41.6 Å². The van der Waals surface area contributed by atoms with Crippen LogP contribution in [0.5, 0.6) is 0 Å². The van der Waals surface area contributed by atoms with E-state index in [1.807, 2.05) is 12.1 Å². The number of halogens is 1. The second-order valence-electron chi connectivity index (χ2n) is 6.28. The zero-order valence-corrected chi connectivity index (χ0v) is 15.2. The second kappa shape index (κ2) is 8.21. The minimum absolute atomic E-state index is 0.122. The fraction of sp³-hybridized carbons (Fsp3) is 0.286. The second-order valence-corrected chi connectivity index (χ2v) is 6.71. The van der Waals surface area contributed by atoms with E-state index in [0.717, 1.165) is 31.0 Å². The van der Waals surface area contributed by atoms with Crippen LogP contribution in [0.15, 0.2) is 54.7 Å². The van der Waals surface area contributed by atoms with E-state index >= 15 is 0 Å². The highest BCUT2D eigenvalue weighted by Gasteiger charge is 2.10. The van der Waals surface area contributed by atoms with Gasteiger partial charge < -0.3 is 9.88 Å². The van der Waals surface area contributed by atoms with Crippen LogP contribution in [0.2, 0.25) is 5.02 Å². The van der Waals surface area contributed by atoms with Gasteiger partial charge in [0.1, 0.15) is 0 Å². The van der Waals surface area contributed by atoms with Crippen molar-refractivity contribution < 1.29 is 4.79 Å². The zero-order chi connectivity index (χ0) is 17.6. The number of para-hydroxylation sites is 1. The normalized spacial score (nSPS) is 11.0. The fourth-order valence-corrected chi connectivity index (χ4v) is 3.17. The number of carbonyl (C=O) groups is 1. The molecule has 0 fully saturated rings. The summed E-state index contributed by atoms with van der Waals surface area (Å²) in [6, 6.07) is 16.3. The molecular formula is C21H23ClN2O. The van der Waals surface area contributed by atoms with Crippen LogP contribution in [-0.2, 0) is 17.8 Å². The molecule has 0 bridgehead atoms. The van der Waals surface area contributed by atoms with Crippen molar-refractivity contribution in [2.75, 3.05) is 6.54 Å². The van der Waals surface area contributed by atoms with Gasteiger partial charge in [-0.3, -0.25) is 4.79 Å². The number of amides is 1. The number of hydrogen-bond acceptors (Lipinski definition) is 1. The number of nitrogens with zero attached hydrogens (tertiary/aromatic N) is 1. The number of hydrogen-bond donors (Lipinski definition) is 1. The van der Waals surface area contributed by atoms with Crippen molar-refractivity contribution >= 4 is 28.4 Å². The molecule has 3 aromatic rings. The van der Waals surface area contributed by atoms with E-state index in [-0.39, 0.29) is 5.91 Å². The monoisotopic (exact) mass is 354 g/mol. The van der Waals surface area contributed by atoms with Gasteiger partial charge >= 0.3 is 0 Å². The Morgan fingerprint density at radius 1 is 1.12 bits per heavy atom. The molecular weight excluding hydrogens is 332 g/mol. The molecule has 4 heteroatoms. The van der Waals surface area contributed by atoms with E-state index in [1.165, 1.54) is 22.0 Å². The fourth-order valence-electron chi connectivity index (χ4n) is 3.04. The summed E-state index contributed by atoms with van der Waals surface area (Å²) in [4.78, 5) is 11.9. The Bertz CT molecular complexity index is 852. The minimum Gasteiger partial charge on any atom is -0.356 e. The summed E-state index contributed by atoms with van der Waals surface area (Å²) in [6.07, 6.45) is 4.41.